The zero-order valence-corrected chi connectivity index (χ0v) is 16.4. The number of hydrogen-bond donors (Lipinski definition) is 0. The molecule has 0 aliphatic heterocycles. The summed E-state index contributed by atoms with van der Waals surface area (Å²) in [6.45, 7) is 0.553. The van der Waals surface area contributed by atoms with Crippen molar-refractivity contribution in [2.75, 3.05) is 13.7 Å². The van der Waals surface area contributed by atoms with Crippen molar-refractivity contribution in [1.82, 2.24) is 14.8 Å². The van der Waals surface area contributed by atoms with Gasteiger partial charge in [0.05, 0.1) is 19.4 Å². The van der Waals surface area contributed by atoms with Crippen LogP contribution in [-0.4, -0.2) is 28.5 Å². The summed E-state index contributed by atoms with van der Waals surface area (Å²) in [5.41, 5.74) is 3.11. The summed E-state index contributed by atoms with van der Waals surface area (Å²) >= 11 is 0. The van der Waals surface area contributed by atoms with E-state index >= 15 is 0 Å². The summed E-state index contributed by atoms with van der Waals surface area (Å²) in [6, 6.07) is 28.6. The Morgan fingerprint density at radius 2 is 1.48 bits per heavy atom. The first kappa shape index (κ1) is 18.7. The van der Waals surface area contributed by atoms with E-state index in [-0.39, 0.29) is 0 Å². The second-order valence-electron chi connectivity index (χ2n) is 6.62. The molecule has 0 aliphatic rings. The Bertz CT molecular complexity index is 1050. The third-order valence-electron chi connectivity index (χ3n) is 4.68. The van der Waals surface area contributed by atoms with E-state index in [1.807, 2.05) is 65.2 Å². The second-order valence-corrected chi connectivity index (χ2v) is 6.62. The molecular formula is C24H23N3O2. The van der Waals surface area contributed by atoms with E-state index in [9.17, 15) is 0 Å². The smallest absolute Gasteiger partial charge is 0.322 e. The number of hydrogen-bond acceptors (Lipinski definition) is 4. The van der Waals surface area contributed by atoms with E-state index in [1.165, 1.54) is 5.56 Å². The summed E-state index contributed by atoms with van der Waals surface area (Å²) in [6.07, 6.45) is 1.85. The van der Waals surface area contributed by atoms with Crippen LogP contribution in [0.4, 0.5) is 0 Å². The van der Waals surface area contributed by atoms with Crippen molar-refractivity contribution in [3.63, 3.8) is 0 Å². The number of rotatable bonds is 8. The Morgan fingerprint density at radius 1 is 0.793 bits per heavy atom. The van der Waals surface area contributed by atoms with Gasteiger partial charge in [0.1, 0.15) is 5.75 Å². The van der Waals surface area contributed by atoms with Crippen LogP contribution in [0.15, 0.2) is 84.9 Å². The zero-order chi connectivity index (χ0) is 19.9. The molecule has 5 heteroatoms. The van der Waals surface area contributed by atoms with Gasteiger partial charge in [-0.1, -0.05) is 77.9 Å². The van der Waals surface area contributed by atoms with Crippen molar-refractivity contribution in [1.29, 1.82) is 0 Å². The molecular weight excluding hydrogens is 362 g/mol. The highest BCUT2D eigenvalue weighted by Crippen LogP contribution is 2.31. The minimum atomic E-state index is 0.460. The van der Waals surface area contributed by atoms with Crippen molar-refractivity contribution in [3.8, 4) is 28.8 Å². The lowest BCUT2D eigenvalue weighted by molar-refractivity contribution is 0.280. The van der Waals surface area contributed by atoms with E-state index in [0.29, 0.717) is 18.4 Å². The third kappa shape index (κ3) is 4.29. The predicted molar refractivity (Wildman–Crippen MR) is 114 cm³/mol. The van der Waals surface area contributed by atoms with Gasteiger partial charge in [-0.25, -0.2) is 4.57 Å². The van der Waals surface area contributed by atoms with Crippen molar-refractivity contribution in [2.45, 2.75) is 12.8 Å². The highest BCUT2D eigenvalue weighted by atomic mass is 16.5. The molecule has 1 aromatic heterocycles. The van der Waals surface area contributed by atoms with Crippen LogP contribution in [0.25, 0.3) is 17.1 Å². The number of ether oxygens (including phenoxy) is 2. The maximum Gasteiger partial charge on any atom is 0.322 e. The van der Waals surface area contributed by atoms with Crippen LogP contribution < -0.4 is 9.47 Å². The maximum atomic E-state index is 6.05. The molecule has 146 valence electrons. The lowest BCUT2D eigenvalue weighted by Gasteiger charge is -2.14. The average Bonchev–Trinajstić information content (AvgIpc) is 3.21. The van der Waals surface area contributed by atoms with Crippen LogP contribution in [0.5, 0.6) is 11.8 Å². The molecule has 3 aromatic carbocycles. The van der Waals surface area contributed by atoms with Gasteiger partial charge in [-0.3, -0.25) is 0 Å². The van der Waals surface area contributed by atoms with Crippen molar-refractivity contribution < 1.29 is 9.47 Å². The molecule has 0 radical (unpaired) electrons. The van der Waals surface area contributed by atoms with Gasteiger partial charge >= 0.3 is 6.01 Å². The third-order valence-corrected chi connectivity index (χ3v) is 4.68. The van der Waals surface area contributed by atoms with Gasteiger partial charge in [0, 0.05) is 5.56 Å². The Balaban J connectivity index is 1.61. The topological polar surface area (TPSA) is 49.2 Å². The van der Waals surface area contributed by atoms with Gasteiger partial charge in [-0.05, 0) is 30.5 Å². The number of benzene rings is 3. The average molecular weight is 385 g/mol. The molecule has 0 bridgehead atoms. The molecule has 29 heavy (non-hydrogen) atoms. The van der Waals surface area contributed by atoms with Gasteiger partial charge in [0.2, 0.25) is 0 Å². The highest BCUT2D eigenvalue weighted by Gasteiger charge is 2.19. The fraction of sp³-hybridized carbons (Fsp3) is 0.167. The first-order chi connectivity index (χ1) is 14.4. The molecule has 0 atom stereocenters. The summed E-state index contributed by atoms with van der Waals surface area (Å²) in [4.78, 5) is 0. The first-order valence-corrected chi connectivity index (χ1v) is 9.68. The fourth-order valence-electron chi connectivity index (χ4n) is 3.25. The van der Waals surface area contributed by atoms with E-state index in [4.69, 9.17) is 9.47 Å². The van der Waals surface area contributed by atoms with Crippen LogP contribution in [0, 0.1) is 0 Å². The molecule has 0 fully saturated rings. The summed E-state index contributed by atoms with van der Waals surface area (Å²) in [5.74, 6) is 1.45. The van der Waals surface area contributed by atoms with E-state index in [2.05, 4.69) is 34.5 Å². The molecule has 0 saturated carbocycles. The zero-order valence-electron chi connectivity index (χ0n) is 16.4. The molecule has 0 amide bonds. The monoisotopic (exact) mass is 385 g/mol. The van der Waals surface area contributed by atoms with Gasteiger partial charge < -0.3 is 9.47 Å². The van der Waals surface area contributed by atoms with Gasteiger partial charge in [-0.2, -0.15) is 0 Å². The van der Waals surface area contributed by atoms with Gasteiger partial charge in [-0.15, -0.1) is 5.10 Å². The normalized spacial score (nSPS) is 10.7. The lowest BCUT2D eigenvalue weighted by atomic mass is 10.1. The van der Waals surface area contributed by atoms with Crippen LogP contribution in [0.2, 0.25) is 0 Å². The van der Waals surface area contributed by atoms with Crippen LogP contribution in [0.3, 0.4) is 0 Å². The van der Waals surface area contributed by atoms with Crippen LogP contribution >= 0.6 is 0 Å². The van der Waals surface area contributed by atoms with E-state index < -0.39 is 0 Å². The van der Waals surface area contributed by atoms with E-state index in [0.717, 1.165) is 29.8 Å². The molecule has 4 aromatic rings. The molecule has 0 spiro atoms. The summed E-state index contributed by atoms with van der Waals surface area (Å²) < 4.78 is 13.5. The van der Waals surface area contributed by atoms with Gasteiger partial charge in [0.15, 0.2) is 5.82 Å². The van der Waals surface area contributed by atoms with Crippen molar-refractivity contribution in [3.05, 3.63) is 90.5 Å². The molecule has 1 heterocycles. The number of para-hydroxylation sites is 2. The summed E-state index contributed by atoms with van der Waals surface area (Å²) in [7, 11) is 1.66. The van der Waals surface area contributed by atoms with Crippen LogP contribution in [-0.2, 0) is 6.42 Å². The molecule has 0 saturated heterocycles. The molecule has 4 rings (SSSR count). The fourth-order valence-corrected chi connectivity index (χ4v) is 3.25. The molecule has 0 unspecified atom stereocenters. The van der Waals surface area contributed by atoms with Crippen molar-refractivity contribution >= 4 is 0 Å². The van der Waals surface area contributed by atoms with Gasteiger partial charge in [0.25, 0.3) is 0 Å². The Morgan fingerprint density at radius 3 is 2.24 bits per heavy atom. The second kappa shape index (κ2) is 9.06. The van der Waals surface area contributed by atoms with Crippen LogP contribution in [0.1, 0.15) is 12.0 Å². The Kier molecular flexibility index (Phi) is 5.86. The molecule has 5 nitrogen and oxygen atoms in total. The standard InChI is InChI=1S/C24H23N3O2/c1-28-22-17-9-8-16-21(22)27-23(20-14-6-3-7-15-20)25-26-24(27)29-18-10-13-19-11-4-2-5-12-19/h2-9,11-12,14-17H,10,13,18H2,1H3. The number of aromatic nitrogens is 3. The maximum absolute atomic E-state index is 6.05. The molecule has 0 N–H and O–H groups in total. The van der Waals surface area contributed by atoms with Crippen molar-refractivity contribution in [2.24, 2.45) is 0 Å². The SMILES string of the molecule is COc1ccccc1-n1c(OCCCc2ccccc2)nnc1-c1ccccc1. The predicted octanol–water partition coefficient (Wildman–Crippen LogP) is 4.95. The quantitative estimate of drug-likeness (QED) is 0.403. The number of nitrogens with zero attached hydrogens (tertiary/aromatic N) is 3. The number of methoxy groups -OCH3 is 1. The number of aryl methyl sites for hydroxylation is 1. The largest absolute Gasteiger partial charge is 0.495 e. The molecule has 0 aliphatic carbocycles. The minimum absolute atomic E-state index is 0.460. The Labute approximate surface area is 170 Å². The van der Waals surface area contributed by atoms with E-state index in [1.54, 1.807) is 7.11 Å². The summed E-state index contributed by atoms with van der Waals surface area (Å²) in [5, 5.41) is 8.73. The lowest BCUT2D eigenvalue weighted by Crippen LogP contribution is -2.07. The minimum Gasteiger partial charge on any atom is -0.495 e. The first-order valence-electron chi connectivity index (χ1n) is 9.68. The highest BCUT2D eigenvalue weighted by molar-refractivity contribution is 5.61. The Hall–Kier alpha value is -3.60.